The van der Waals surface area contributed by atoms with Gasteiger partial charge in [0.25, 0.3) is 0 Å². The summed E-state index contributed by atoms with van der Waals surface area (Å²) in [4.78, 5) is 12.9. The van der Waals surface area contributed by atoms with E-state index < -0.39 is 0 Å². The van der Waals surface area contributed by atoms with E-state index in [1.807, 2.05) is 37.4 Å². The van der Waals surface area contributed by atoms with Crippen LogP contribution >= 0.6 is 11.3 Å². The highest BCUT2D eigenvalue weighted by Crippen LogP contribution is 2.15. The standard InChI is InChI=1S/C17H22N2O2S/c1-13-10-14(2)12-15(11-13)21-8-7-19-17(20)18-6-5-16-4-3-9-22-16/h3-4,9-12H,5-8H2,1-2H3,(H2,18,19,20). The molecule has 118 valence electrons. The van der Waals surface area contributed by atoms with E-state index in [0.29, 0.717) is 19.7 Å². The maximum absolute atomic E-state index is 11.6. The van der Waals surface area contributed by atoms with Crippen molar-refractivity contribution in [1.29, 1.82) is 0 Å². The molecule has 2 rings (SSSR count). The second-order valence-electron chi connectivity index (χ2n) is 5.18. The van der Waals surface area contributed by atoms with Gasteiger partial charge in [-0.3, -0.25) is 0 Å². The van der Waals surface area contributed by atoms with Crippen LogP contribution in [0.5, 0.6) is 5.75 Å². The Morgan fingerprint density at radius 1 is 1.14 bits per heavy atom. The molecule has 2 N–H and O–H groups in total. The molecule has 4 nitrogen and oxygen atoms in total. The number of urea groups is 1. The highest BCUT2D eigenvalue weighted by Gasteiger charge is 2.01. The predicted octanol–water partition coefficient (Wildman–Crippen LogP) is 3.29. The van der Waals surface area contributed by atoms with E-state index in [9.17, 15) is 4.79 Å². The van der Waals surface area contributed by atoms with Crippen LogP contribution in [0, 0.1) is 13.8 Å². The second kappa shape index (κ2) is 8.44. The number of aryl methyl sites for hydroxylation is 2. The molecule has 0 spiro atoms. The Morgan fingerprint density at radius 3 is 2.55 bits per heavy atom. The van der Waals surface area contributed by atoms with Gasteiger partial charge in [0, 0.05) is 11.4 Å². The van der Waals surface area contributed by atoms with Crippen LogP contribution < -0.4 is 15.4 Å². The fourth-order valence-electron chi connectivity index (χ4n) is 2.17. The lowest BCUT2D eigenvalue weighted by Gasteiger charge is -2.10. The van der Waals surface area contributed by atoms with E-state index in [-0.39, 0.29) is 6.03 Å². The van der Waals surface area contributed by atoms with Gasteiger partial charge in [0.2, 0.25) is 0 Å². The molecule has 0 aliphatic carbocycles. The molecule has 22 heavy (non-hydrogen) atoms. The summed E-state index contributed by atoms with van der Waals surface area (Å²) in [5.41, 5.74) is 2.35. The molecule has 0 aliphatic heterocycles. The van der Waals surface area contributed by atoms with E-state index >= 15 is 0 Å². The van der Waals surface area contributed by atoms with Gasteiger partial charge in [0.05, 0.1) is 6.54 Å². The summed E-state index contributed by atoms with van der Waals surface area (Å²) in [5, 5.41) is 7.67. The fourth-order valence-corrected chi connectivity index (χ4v) is 2.88. The van der Waals surface area contributed by atoms with Crippen LogP contribution in [0.15, 0.2) is 35.7 Å². The number of carbonyl (C=O) groups is 1. The molecule has 2 amide bonds. The zero-order valence-corrected chi connectivity index (χ0v) is 13.8. The van der Waals surface area contributed by atoms with E-state index in [2.05, 4.69) is 22.8 Å². The number of amides is 2. The minimum Gasteiger partial charge on any atom is -0.492 e. The maximum atomic E-state index is 11.6. The number of rotatable bonds is 7. The average Bonchev–Trinajstić information content (AvgIpc) is 2.96. The van der Waals surface area contributed by atoms with Gasteiger partial charge < -0.3 is 15.4 Å². The number of hydrogen-bond donors (Lipinski definition) is 2. The smallest absolute Gasteiger partial charge is 0.314 e. The summed E-state index contributed by atoms with van der Waals surface area (Å²) in [6.45, 7) is 5.67. The molecule has 0 fully saturated rings. The SMILES string of the molecule is Cc1cc(C)cc(OCCNC(=O)NCCc2cccs2)c1. The molecule has 1 aromatic heterocycles. The summed E-state index contributed by atoms with van der Waals surface area (Å²) in [5.74, 6) is 0.845. The molecular weight excluding hydrogens is 296 g/mol. The number of carbonyl (C=O) groups excluding carboxylic acids is 1. The fraction of sp³-hybridized carbons (Fsp3) is 0.353. The Hall–Kier alpha value is -2.01. The average molecular weight is 318 g/mol. The van der Waals surface area contributed by atoms with Gasteiger partial charge in [-0.15, -0.1) is 11.3 Å². The largest absolute Gasteiger partial charge is 0.492 e. The Bertz CT molecular complexity index is 576. The van der Waals surface area contributed by atoms with Crippen molar-refractivity contribution in [1.82, 2.24) is 10.6 Å². The number of nitrogens with one attached hydrogen (secondary N) is 2. The van der Waals surface area contributed by atoms with Crippen molar-refractivity contribution in [2.24, 2.45) is 0 Å². The van der Waals surface area contributed by atoms with Crippen molar-refractivity contribution in [3.63, 3.8) is 0 Å². The van der Waals surface area contributed by atoms with Crippen molar-refractivity contribution >= 4 is 17.4 Å². The van der Waals surface area contributed by atoms with E-state index in [0.717, 1.165) is 12.2 Å². The quantitative estimate of drug-likeness (QED) is 0.770. The highest BCUT2D eigenvalue weighted by molar-refractivity contribution is 7.09. The van der Waals surface area contributed by atoms with Crippen molar-refractivity contribution in [3.05, 3.63) is 51.7 Å². The molecule has 1 aromatic carbocycles. The van der Waals surface area contributed by atoms with Crippen LogP contribution in [-0.2, 0) is 6.42 Å². The third-order valence-electron chi connectivity index (χ3n) is 3.09. The Kier molecular flexibility index (Phi) is 6.27. The molecule has 0 saturated heterocycles. The first-order valence-corrected chi connectivity index (χ1v) is 8.26. The molecule has 2 aromatic rings. The van der Waals surface area contributed by atoms with Gasteiger partial charge in [-0.25, -0.2) is 4.79 Å². The summed E-state index contributed by atoms with van der Waals surface area (Å²) >= 11 is 1.70. The van der Waals surface area contributed by atoms with Gasteiger partial charge in [-0.2, -0.15) is 0 Å². The van der Waals surface area contributed by atoms with Crippen LogP contribution in [0.1, 0.15) is 16.0 Å². The number of hydrogen-bond acceptors (Lipinski definition) is 3. The van der Waals surface area contributed by atoms with Gasteiger partial charge in [0.15, 0.2) is 0 Å². The van der Waals surface area contributed by atoms with Gasteiger partial charge >= 0.3 is 6.03 Å². The summed E-state index contributed by atoms with van der Waals surface area (Å²) < 4.78 is 5.64. The number of thiophene rings is 1. The Morgan fingerprint density at radius 2 is 1.86 bits per heavy atom. The molecule has 5 heteroatoms. The van der Waals surface area contributed by atoms with Crippen LogP contribution in [-0.4, -0.2) is 25.7 Å². The molecule has 0 unspecified atom stereocenters. The summed E-state index contributed by atoms with van der Waals surface area (Å²) in [7, 11) is 0. The van der Waals surface area contributed by atoms with Gasteiger partial charge in [-0.05, 0) is 55.0 Å². The lowest BCUT2D eigenvalue weighted by Crippen LogP contribution is -2.38. The number of benzene rings is 1. The van der Waals surface area contributed by atoms with Crippen molar-refractivity contribution < 1.29 is 9.53 Å². The van der Waals surface area contributed by atoms with Crippen LogP contribution in [0.2, 0.25) is 0 Å². The van der Waals surface area contributed by atoms with E-state index in [1.165, 1.54) is 16.0 Å². The molecular formula is C17H22N2O2S. The molecule has 0 radical (unpaired) electrons. The van der Waals surface area contributed by atoms with Crippen LogP contribution in [0.4, 0.5) is 4.79 Å². The van der Waals surface area contributed by atoms with Crippen molar-refractivity contribution in [2.45, 2.75) is 20.3 Å². The predicted molar refractivity (Wildman–Crippen MR) is 90.8 cm³/mol. The molecule has 0 atom stereocenters. The van der Waals surface area contributed by atoms with Crippen molar-refractivity contribution in [2.75, 3.05) is 19.7 Å². The van der Waals surface area contributed by atoms with Crippen LogP contribution in [0.25, 0.3) is 0 Å². The van der Waals surface area contributed by atoms with E-state index in [4.69, 9.17) is 4.74 Å². The lowest BCUT2D eigenvalue weighted by molar-refractivity contribution is 0.236. The number of ether oxygens (including phenoxy) is 1. The first-order valence-electron chi connectivity index (χ1n) is 7.38. The summed E-state index contributed by atoms with van der Waals surface area (Å²) in [6.07, 6.45) is 0.865. The van der Waals surface area contributed by atoms with Gasteiger partial charge in [0.1, 0.15) is 12.4 Å². The first-order chi connectivity index (χ1) is 10.6. The molecule has 0 saturated carbocycles. The summed E-state index contributed by atoms with van der Waals surface area (Å²) in [6, 6.07) is 10.0. The first kappa shape index (κ1) is 16.4. The van der Waals surface area contributed by atoms with Crippen LogP contribution in [0.3, 0.4) is 0 Å². The second-order valence-corrected chi connectivity index (χ2v) is 6.22. The topological polar surface area (TPSA) is 50.4 Å². The third kappa shape index (κ3) is 5.77. The van der Waals surface area contributed by atoms with E-state index in [1.54, 1.807) is 11.3 Å². The van der Waals surface area contributed by atoms with Gasteiger partial charge in [-0.1, -0.05) is 12.1 Å². The monoisotopic (exact) mass is 318 g/mol. The minimum atomic E-state index is -0.152. The highest BCUT2D eigenvalue weighted by atomic mass is 32.1. The third-order valence-corrected chi connectivity index (χ3v) is 4.02. The Balaban J connectivity index is 1.58. The zero-order valence-electron chi connectivity index (χ0n) is 13.0. The normalized spacial score (nSPS) is 10.3. The molecule has 0 bridgehead atoms. The lowest BCUT2D eigenvalue weighted by atomic mass is 10.1. The minimum absolute atomic E-state index is 0.152. The Labute approximate surface area is 135 Å². The maximum Gasteiger partial charge on any atom is 0.314 e. The molecule has 1 heterocycles. The van der Waals surface area contributed by atoms with Crippen molar-refractivity contribution in [3.8, 4) is 5.75 Å². The zero-order chi connectivity index (χ0) is 15.8. The molecule has 0 aliphatic rings.